The summed E-state index contributed by atoms with van der Waals surface area (Å²) < 4.78 is 10.3. The molecular weight excluding hydrogens is 246 g/mol. The molecular formula is C14H19NO4. The maximum Gasteiger partial charge on any atom is 0.314 e. The quantitative estimate of drug-likeness (QED) is 0.829. The molecule has 0 bridgehead atoms. The topological polar surface area (TPSA) is 64.6 Å². The van der Waals surface area contributed by atoms with Crippen LogP contribution < -0.4 is 10.1 Å². The minimum atomic E-state index is -0.752. The maximum absolute atomic E-state index is 11.5. The monoisotopic (exact) mass is 265 g/mol. The second-order valence-electron chi connectivity index (χ2n) is 4.84. The third-order valence-electron chi connectivity index (χ3n) is 2.52. The van der Waals surface area contributed by atoms with Crippen LogP contribution in [0.2, 0.25) is 0 Å². The van der Waals surface area contributed by atoms with E-state index in [1.54, 1.807) is 38.1 Å². The van der Waals surface area contributed by atoms with E-state index in [0.29, 0.717) is 11.4 Å². The highest BCUT2D eigenvalue weighted by Crippen LogP contribution is 2.26. The molecule has 1 rings (SSSR count). The first-order valence-electron chi connectivity index (χ1n) is 5.94. The summed E-state index contributed by atoms with van der Waals surface area (Å²) in [6.45, 7) is 5.06. The molecule has 5 nitrogen and oxygen atoms in total. The van der Waals surface area contributed by atoms with Gasteiger partial charge in [-0.05, 0) is 26.0 Å². The lowest BCUT2D eigenvalue weighted by Crippen LogP contribution is -2.32. The van der Waals surface area contributed by atoms with E-state index < -0.39 is 5.41 Å². The van der Waals surface area contributed by atoms with Crippen LogP contribution in [0.15, 0.2) is 24.3 Å². The number of para-hydroxylation sites is 2. The van der Waals surface area contributed by atoms with Crippen LogP contribution in [0.4, 0.5) is 5.69 Å². The Morgan fingerprint density at radius 2 is 1.89 bits per heavy atom. The SMILES string of the molecule is COC(=O)C(C)(C)COc1ccccc1NC(C)=O. The third kappa shape index (κ3) is 4.28. The van der Waals surface area contributed by atoms with Crippen LogP contribution in [0.1, 0.15) is 20.8 Å². The van der Waals surface area contributed by atoms with Crippen LogP contribution in [-0.2, 0) is 14.3 Å². The predicted molar refractivity (Wildman–Crippen MR) is 72.0 cm³/mol. The Morgan fingerprint density at radius 1 is 1.26 bits per heavy atom. The largest absolute Gasteiger partial charge is 0.490 e. The second-order valence-corrected chi connectivity index (χ2v) is 4.84. The van der Waals surface area contributed by atoms with Gasteiger partial charge >= 0.3 is 5.97 Å². The van der Waals surface area contributed by atoms with Crippen molar-refractivity contribution in [3.05, 3.63) is 24.3 Å². The molecule has 104 valence electrons. The van der Waals surface area contributed by atoms with Crippen molar-refractivity contribution in [3.63, 3.8) is 0 Å². The lowest BCUT2D eigenvalue weighted by molar-refractivity contribution is -0.152. The van der Waals surface area contributed by atoms with Crippen molar-refractivity contribution in [2.24, 2.45) is 5.41 Å². The Balaban J connectivity index is 2.77. The van der Waals surface area contributed by atoms with E-state index in [0.717, 1.165) is 0 Å². The first kappa shape index (κ1) is 15.0. The zero-order chi connectivity index (χ0) is 14.5. The van der Waals surface area contributed by atoms with Crippen molar-refractivity contribution < 1.29 is 19.1 Å². The molecule has 0 aliphatic heterocycles. The lowest BCUT2D eigenvalue weighted by atomic mass is 9.95. The number of benzene rings is 1. The molecule has 19 heavy (non-hydrogen) atoms. The van der Waals surface area contributed by atoms with Crippen molar-refractivity contribution in [1.29, 1.82) is 0 Å². The van der Waals surface area contributed by atoms with E-state index in [9.17, 15) is 9.59 Å². The van der Waals surface area contributed by atoms with E-state index in [2.05, 4.69) is 5.32 Å². The number of ether oxygens (including phenoxy) is 2. The number of rotatable bonds is 5. The molecule has 0 unspecified atom stereocenters. The van der Waals surface area contributed by atoms with Crippen molar-refractivity contribution in [2.75, 3.05) is 19.0 Å². The molecule has 0 fully saturated rings. The van der Waals surface area contributed by atoms with Crippen LogP contribution in [0.3, 0.4) is 0 Å². The zero-order valence-electron chi connectivity index (χ0n) is 11.6. The van der Waals surface area contributed by atoms with Crippen molar-refractivity contribution >= 4 is 17.6 Å². The number of nitrogens with one attached hydrogen (secondary N) is 1. The van der Waals surface area contributed by atoms with Gasteiger partial charge in [0.15, 0.2) is 0 Å². The van der Waals surface area contributed by atoms with Crippen LogP contribution in [-0.4, -0.2) is 25.6 Å². The number of esters is 1. The molecule has 0 radical (unpaired) electrons. The lowest BCUT2D eigenvalue weighted by Gasteiger charge is -2.22. The van der Waals surface area contributed by atoms with Crippen LogP contribution >= 0.6 is 0 Å². The molecule has 0 aliphatic carbocycles. The highest BCUT2D eigenvalue weighted by molar-refractivity contribution is 5.90. The van der Waals surface area contributed by atoms with E-state index in [1.165, 1.54) is 14.0 Å². The van der Waals surface area contributed by atoms with Gasteiger partial charge in [0.1, 0.15) is 12.4 Å². The normalized spacial score (nSPS) is 10.7. The first-order chi connectivity index (χ1) is 8.86. The summed E-state index contributed by atoms with van der Waals surface area (Å²) in [6.07, 6.45) is 0. The molecule has 0 saturated carbocycles. The molecule has 1 N–H and O–H groups in total. The predicted octanol–water partition coefficient (Wildman–Crippen LogP) is 2.22. The molecule has 0 atom stereocenters. The Labute approximate surface area is 112 Å². The summed E-state index contributed by atoms with van der Waals surface area (Å²) in [5.74, 6) is 0.00228. The van der Waals surface area contributed by atoms with E-state index in [1.807, 2.05) is 0 Å². The minimum absolute atomic E-state index is 0.163. The number of anilines is 1. The molecule has 0 saturated heterocycles. The highest BCUT2D eigenvalue weighted by Gasteiger charge is 2.30. The fraction of sp³-hybridized carbons (Fsp3) is 0.429. The molecule has 1 aromatic rings. The number of carbonyl (C=O) groups excluding carboxylic acids is 2. The van der Waals surface area contributed by atoms with Crippen molar-refractivity contribution in [2.45, 2.75) is 20.8 Å². The fourth-order valence-corrected chi connectivity index (χ4v) is 1.48. The van der Waals surface area contributed by atoms with E-state index >= 15 is 0 Å². The Bertz CT molecular complexity index is 468. The standard InChI is InChI=1S/C14H19NO4/c1-10(16)15-11-7-5-6-8-12(11)19-9-14(2,3)13(17)18-4/h5-8H,9H2,1-4H3,(H,15,16). The molecule has 5 heteroatoms. The van der Waals surface area contributed by atoms with Gasteiger partial charge in [-0.1, -0.05) is 12.1 Å². The average molecular weight is 265 g/mol. The van der Waals surface area contributed by atoms with Gasteiger partial charge in [-0.15, -0.1) is 0 Å². The number of amides is 1. The van der Waals surface area contributed by atoms with Crippen LogP contribution in [0.5, 0.6) is 5.75 Å². The van der Waals surface area contributed by atoms with Crippen molar-refractivity contribution in [3.8, 4) is 5.75 Å². The summed E-state index contributed by atoms with van der Waals surface area (Å²) in [7, 11) is 1.34. The molecule has 0 aromatic heterocycles. The molecule has 0 aliphatic rings. The maximum atomic E-state index is 11.5. The minimum Gasteiger partial charge on any atom is -0.490 e. The van der Waals surface area contributed by atoms with Gasteiger partial charge < -0.3 is 14.8 Å². The van der Waals surface area contributed by atoms with Gasteiger partial charge in [-0.25, -0.2) is 0 Å². The van der Waals surface area contributed by atoms with Gasteiger partial charge in [-0.2, -0.15) is 0 Å². The van der Waals surface area contributed by atoms with Gasteiger partial charge in [0.25, 0.3) is 0 Å². The molecule has 0 heterocycles. The first-order valence-corrected chi connectivity index (χ1v) is 5.94. The van der Waals surface area contributed by atoms with Gasteiger partial charge in [0.2, 0.25) is 5.91 Å². The molecule has 1 amide bonds. The highest BCUT2D eigenvalue weighted by atomic mass is 16.5. The Morgan fingerprint density at radius 3 is 2.47 bits per heavy atom. The summed E-state index contributed by atoms with van der Waals surface area (Å²) >= 11 is 0. The molecule has 0 spiro atoms. The molecule has 1 aromatic carbocycles. The zero-order valence-corrected chi connectivity index (χ0v) is 11.6. The summed E-state index contributed by atoms with van der Waals surface area (Å²) in [5.41, 5.74) is -0.173. The number of hydrogen-bond donors (Lipinski definition) is 1. The number of carbonyl (C=O) groups is 2. The number of methoxy groups -OCH3 is 1. The number of hydrogen-bond acceptors (Lipinski definition) is 4. The smallest absolute Gasteiger partial charge is 0.314 e. The van der Waals surface area contributed by atoms with Crippen molar-refractivity contribution in [1.82, 2.24) is 0 Å². The van der Waals surface area contributed by atoms with Gasteiger partial charge in [0.05, 0.1) is 18.2 Å². The fourth-order valence-electron chi connectivity index (χ4n) is 1.48. The Hall–Kier alpha value is -2.04. The van der Waals surface area contributed by atoms with E-state index in [4.69, 9.17) is 9.47 Å². The summed E-state index contributed by atoms with van der Waals surface area (Å²) in [4.78, 5) is 22.6. The average Bonchev–Trinajstić information content (AvgIpc) is 2.36. The van der Waals surface area contributed by atoms with Gasteiger partial charge in [0, 0.05) is 6.92 Å². The summed E-state index contributed by atoms with van der Waals surface area (Å²) in [5, 5.41) is 2.67. The summed E-state index contributed by atoms with van der Waals surface area (Å²) in [6, 6.07) is 7.07. The second kappa shape index (κ2) is 6.22. The Kier molecular flexibility index (Phi) is 4.92. The van der Waals surface area contributed by atoms with Crippen LogP contribution in [0, 0.1) is 5.41 Å². The third-order valence-corrected chi connectivity index (χ3v) is 2.52. The van der Waals surface area contributed by atoms with Gasteiger partial charge in [-0.3, -0.25) is 9.59 Å². The van der Waals surface area contributed by atoms with Crippen LogP contribution in [0.25, 0.3) is 0 Å². The van der Waals surface area contributed by atoms with E-state index in [-0.39, 0.29) is 18.5 Å².